The van der Waals surface area contributed by atoms with Gasteiger partial charge in [-0.25, -0.2) is 0 Å². The summed E-state index contributed by atoms with van der Waals surface area (Å²) < 4.78 is 2.17. The molecule has 0 spiro atoms. The second-order valence-electron chi connectivity index (χ2n) is 7.00. The summed E-state index contributed by atoms with van der Waals surface area (Å²) in [5.74, 6) is 0.570. The van der Waals surface area contributed by atoms with Gasteiger partial charge in [0.25, 0.3) is 5.91 Å². The van der Waals surface area contributed by atoms with Gasteiger partial charge in [0.1, 0.15) is 6.04 Å². The largest absolute Gasteiger partial charge is 0.337 e. The van der Waals surface area contributed by atoms with E-state index in [-0.39, 0.29) is 11.8 Å². The summed E-state index contributed by atoms with van der Waals surface area (Å²) in [6.45, 7) is 3.74. The maximum Gasteiger partial charge on any atom is 0.253 e. The van der Waals surface area contributed by atoms with Crippen molar-refractivity contribution in [1.82, 2.24) is 24.6 Å². The maximum atomic E-state index is 13.2. The van der Waals surface area contributed by atoms with Crippen molar-refractivity contribution in [1.29, 1.82) is 0 Å². The van der Waals surface area contributed by atoms with Gasteiger partial charge in [0, 0.05) is 36.8 Å². The van der Waals surface area contributed by atoms with Gasteiger partial charge < -0.3 is 9.80 Å². The van der Waals surface area contributed by atoms with Crippen molar-refractivity contribution >= 4 is 47.0 Å². The molecule has 0 aliphatic carbocycles. The summed E-state index contributed by atoms with van der Waals surface area (Å²) in [6, 6.07) is 10.2. The number of hydrogen-bond acceptors (Lipinski definition) is 5. The van der Waals surface area contributed by atoms with Crippen LogP contribution in [0.4, 0.5) is 0 Å². The van der Waals surface area contributed by atoms with E-state index >= 15 is 0 Å². The fourth-order valence-corrected chi connectivity index (χ4v) is 4.65. The summed E-state index contributed by atoms with van der Waals surface area (Å²) in [4.78, 5) is 30.3. The zero-order valence-electron chi connectivity index (χ0n) is 16.2. The highest BCUT2D eigenvalue weighted by Crippen LogP contribution is 2.26. The van der Waals surface area contributed by atoms with Crippen LogP contribution in [0.15, 0.2) is 41.8 Å². The van der Waals surface area contributed by atoms with E-state index in [0.29, 0.717) is 47.4 Å². The normalized spacial score (nSPS) is 15.3. The standard InChI is InChI=1S/C20H20ClN5O2S2/c1-13(26-17(22-23-20(26)29)16-3-2-12-30-16)18(27)24-8-10-25(11-9-24)19(28)14-4-6-15(21)7-5-14/h2-7,12-13H,8-11H2,1H3,(H,23,29). The highest BCUT2D eigenvalue weighted by molar-refractivity contribution is 7.71. The number of carbonyl (C=O) groups is 2. The van der Waals surface area contributed by atoms with E-state index in [0.717, 1.165) is 4.88 Å². The lowest BCUT2D eigenvalue weighted by atomic mass is 10.1. The van der Waals surface area contributed by atoms with Gasteiger partial charge in [-0.05, 0) is 54.9 Å². The van der Waals surface area contributed by atoms with Gasteiger partial charge >= 0.3 is 0 Å². The number of hydrogen-bond donors (Lipinski definition) is 1. The molecule has 1 fully saturated rings. The van der Waals surface area contributed by atoms with E-state index in [1.165, 1.54) is 0 Å². The van der Waals surface area contributed by atoms with E-state index < -0.39 is 6.04 Å². The molecule has 3 heterocycles. The first-order chi connectivity index (χ1) is 14.5. The van der Waals surface area contributed by atoms with Crippen molar-refractivity contribution in [3.63, 3.8) is 0 Å². The SMILES string of the molecule is CC(C(=O)N1CCN(C(=O)c2ccc(Cl)cc2)CC1)n1c(-c2cccs2)n[nH]c1=S. The molecule has 0 saturated carbocycles. The number of rotatable bonds is 4. The third-order valence-corrected chi connectivity index (χ3v) is 6.57. The molecule has 30 heavy (non-hydrogen) atoms. The molecule has 1 aromatic carbocycles. The van der Waals surface area contributed by atoms with Crippen molar-refractivity contribution in [3.05, 3.63) is 57.1 Å². The van der Waals surface area contributed by atoms with Crippen LogP contribution < -0.4 is 0 Å². The number of H-pyrrole nitrogens is 1. The lowest BCUT2D eigenvalue weighted by molar-refractivity contribution is -0.135. The number of nitrogens with zero attached hydrogens (tertiary/aromatic N) is 4. The average Bonchev–Trinajstić information content (AvgIpc) is 3.42. The fourth-order valence-electron chi connectivity index (χ4n) is 3.52. The average molecular weight is 462 g/mol. The second-order valence-corrected chi connectivity index (χ2v) is 8.77. The highest BCUT2D eigenvalue weighted by Gasteiger charge is 2.30. The van der Waals surface area contributed by atoms with Gasteiger partial charge in [0.05, 0.1) is 4.88 Å². The molecule has 0 radical (unpaired) electrons. The number of benzene rings is 1. The third-order valence-electron chi connectivity index (χ3n) is 5.16. The zero-order chi connectivity index (χ0) is 21.3. The summed E-state index contributed by atoms with van der Waals surface area (Å²) in [7, 11) is 0. The van der Waals surface area contributed by atoms with Crippen LogP contribution in [0.2, 0.25) is 5.02 Å². The second kappa shape index (κ2) is 8.71. The Balaban J connectivity index is 1.44. The third kappa shape index (κ3) is 4.05. The predicted octanol–water partition coefficient (Wildman–Crippen LogP) is 3.87. The minimum Gasteiger partial charge on any atom is -0.337 e. The Morgan fingerprint density at radius 1 is 1.13 bits per heavy atom. The van der Waals surface area contributed by atoms with Gasteiger partial charge in [-0.3, -0.25) is 19.3 Å². The Bertz CT molecular complexity index is 1100. The molecule has 1 saturated heterocycles. The molecule has 0 bridgehead atoms. The van der Waals surface area contributed by atoms with E-state index in [2.05, 4.69) is 10.2 Å². The number of carbonyl (C=O) groups excluding carboxylic acids is 2. The first-order valence-electron chi connectivity index (χ1n) is 9.50. The lowest BCUT2D eigenvalue weighted by Crippen LogP contribution is -2.52. The zero-order valence-corrected chi connectivity index (χ0v) is 18.6. The van der Waals surface area contributed by atoms with E-state index in [4.69, 9.17) is 23.8 Å². The van der Waals surface area contributed by atoms with Crippen molar-refractivity contribution in [3.8, 4) is 10.7 Å². The molecule has 2 amide bonds. The highest BCUT2D eigenvalue weighted by atomic mass is 35.5. The molecule has 1 atom stereocenters. The van der Waals surface area contributed by atoms with Gasteiger partial charge in [-0.1, -0.05) is 17.7 Å². The first kappa shape index (κ1) is 20.8. The molecule has 156 valence electrons. The van der Waals surface area contributed by atoms with E-state index in [1.807, 2.05) is 24.4 Å². The molecular weight excluding hydrogens is 442 g/mol. The topological polar surface area (TPSA) is 74.2 Å². The number of aromatic nitrogens is 3. The Labute approximate surface area is 187 Å². The minimum absolute atomic E-state index is 0.0381. The Hall–Kier alpha value is -2.49. The number of amides is 2. The summed E-state index contributed by atoms with van der Waals surface area (Å²) in [6.07, 6.45) is 0. The Morgan fingerprint density at radius 2 is 1.80 bits per heavy atom. The van der Waals surface area contributed by atoms with Crippen molar-refractivity contribution in [2.75, 3.05) is 26.2 Å². The summed E-state index contributed by atoms with van der Waals surface area (Å²) in [5.41, 5.74) is 0.595. The fraction of sp³-hybridized carbons (Fsp3) is 0.300. The van der Waals surface area contributed by atoms with Crippen LogP contribution in [-0.2, 0) is 4.79 Å². The number of nitrogens with one attached hydrogen (secondary N) is 1. The Kier molecular flexibility index (Phi) is 6.03. The van der Waals surface area contributed by atoms with Gasteiger partial charge in [0.2, 0.25) is 5.91 Å². The first-order valence-corrected chi connectivity index (χ1v) is 11.2. The molecule has 3 aromatic rings. The van der Waals surface area contributed by atoms with Crippen molar-refractivity contribution in [2.45, 2.75) is 13.0 Å². The maximum absolute atomic E-state index is 13.2. The molecule has 7 nitrogen and oxygen atoms in total. The molecule has 10 heteroatoms. The van der Waals surface area contributed by atoms with Crippen LogP contribution >= 0.6 is 35.2 Å². The quantitative estimate of drug-likeness (QED) is 0.598. The molecule has 1 aliphatic rings. The van der Waals surface area contributed by atoms with Gasteiger partial charge in [-0.2, -0.15) is 5.10 Å². The van der Waals surface area contributed by atoms with Gasteiger partial charge in [0.15, 0.2) is 10.6 Å². The molecule has 4 rings (SSSR count). The molecular formula is C20H20ClN5O2S2. The number of piperazine rings is 1. The number of aromatic amines is 1. The molecule has 1 unspecified atom stereocenters. The predicted molar refractivity (Wildman–Crippen MR) is 119 cm³/mol. The van der Waals surface area contributed by atoms with Crippen molar-refractivity contribution < 1.29 is 9.59 Å². The smallest absolute Gasteiger partial charge is 0.253 e. The van der Waals surface area contributed by atoms with Gasteiger partial charge in [-0.15, -0.1) is 11.3 Å². The monoisotopic (exact) mass is 461 g/mol. The summed E-state index contributed by atoms with van der Waals surface area (Å²) >= 11 is 12.8. The number of thiophene rings is 1. The van der Waals surface area contributed by atoms with Crippen LogP contribution in [0, 0.1) is 4.77 Å². The van der Waals surface area contributed by atoms with Crippen LogP contribution in [-0.4, -0.2) is 62.6 Å². The van der Waals surface area contributed by atoms with Crippen LogP contribution in [0.25, 0.3) is 10.7 Å². The lowest BCUT2D eigenvalue weighted by Gasteiger charge is -2.36. The van der Waals surface area contributed by atoms with E-state index in [1.54, 1.807) is 50.0 Å². The molecule has 1 aliphatic heterocycles. The van der Waals surface area contributed by atoms with E-state index in [9.17, 15) is 9.59 Å². The number of halogens is 1. The Morgan fingerprint density at radius 3 is 2.43 bits per heavy atom. The van der Waals surface area contributed by atoms with Crippen molar-refractivity contribution in [2.24, 2.45) is 0 Å². The van der Waals surface area contributed by atoms with Crippen LogP contribution in [0.5, 0.6) is 0 Å². The minimum atomic E-state index is -0.494. The van der Waals surface area contributed by atoms with Crippen LogP contribution in [0.3, 0.4) is 0 Å². The summed E-state index contributed by atoms with van der Waals surface area (Å²) in [5, 5.41) is 9.66. The van der Waals surface area contributed by atoms with Crippen LogP contribution in [0.1, 0.15) is 23.3 Å². The molecule has 2 aromatic heterocycles. The molecule has 1 N–H and O–H groups in total.